The van der Waals surface area contributed by atoms with Crippen molar-refractivity contribution in [3.63, 3.8) is 0 Å². The summed E-state index contributed by atoms with van der Waals surface area (Å²) in [6.45, 7) is 6.71. The first-order valence-corrected chi connectivity index (χ1v) is 10.2. The van der Waals surface area contributed by atoms with Gasteiger partial charge >= 0.3 is 0 Å². The second-order valence-corrected chi connectivity index (χ2v) is 6.69. The van der Waals surface area contributed by atoms with Crippen LogP contribution in [0.2, 0.25) is 0 Å². The van der Waals surface area contributed by atoms with E-state index in [-0.39, 0.29) is 0 Å². The lowest BCUT2D eigenvalue weighted by atomic mass is 10.1. The van der Waals surface area contributed by atoms with Crippen molar-refractivity contribution in [3.8, 4) is 11.5 Å². The number of guanidine groups is 1. The molecule has 2 N–H and O–H groups in total. The molecule has 2 rings (SSSR count). The Morgan fingerprint density at radius 2 is 2.07 bits per heavy atom. The van der Waals surface area contributed by atoms with Crippen LogP contribution in [0.4, 0.5) is 0 Å². The van der Waals surface area contributed by atoms with Crippen molar-refractivity contribution < 1.29 is 18.9 Å². The summed E-state index contributed by atoms with van der Waals surface area (Å²) >= 11 is 0. The maximum atomic E-state index is 5.68. The number of benzene rings is 1. The molecule has 1 aliphatic heterocycles. The third kappa shape index (κ3) is 7.94. The highest BCUT2D eigenvalue weighted by molar-refractivity contribution is 5.79. The number of hydrogen-bond acceptors (Lipinski definition) is 5. The molecule has 7 nitrogen and oxygen atoms in total. The van der Waals surface area contributed by atoms with E-state index in [1.807, 2.05) is 12.1 Å². The molecule has 0 amide bonds. The fourth-order valence-corrected chi connectivity index (χ4v) is 3.05. The molecule has 0 aromatic heterocycles. The average Bonchev–Trinajstić information content (AvgIpc) is 3.23. The van der Waals surface area contributed by atoms with Crippen LogP contribution in [-0.4, -0.2) is 65.7 Å². The van der Waals surface area contributed by atoms with Crippen LogP contribution >= 0.6 is 0 Å². The molecule has 1 aliphatic rings. The van der Waals surface area contributed by atoms with Gasteiger partial charge in [-0.15, -0.1) is 0 Å². The van der Waals surface area contributed by atoms with Gasteiger partial charge in [0.15, 0.2) is 17.5 Å². The maximum Gasteiger partial charge on any atom is 0.191 e. The summed E-state index contributed by atoms with van der Waals surface area (Å²) in [5.74, 6) is 2.33. The smallest absolute Gasteiger partial charge is 0.191 e. The minimum Gasteiger partial charge on any atom is -0.493 e. The number of ether oxygens (including phenoxy) is 4. The summed E-state index contributed by atoms with van der Waals surface area (Å²) in [6, 6.07) is 6.00. The minimum atomic E-state index is 0.291. The Bertz CT molecular complexity index is 589. The highest BCUT2D eigenvalue weighted by Crippen LogP contribution is 2.27. The fourth-order valence-electron chi connectivity index (χ4n) is 3.05. The van der Waals surface area contributed by atoms with Crippen LogP contribution < -0.4 is 20.1 Å². The third-order valence-electron chi connectivity index (χ3n) is 4.54. The SMILES string of the molecule is CCNC(=NCCCOCC1CCCO1)NCCc1ccc(OC)c(OC)c1. The Kier molecular flexibility index (Phi) is 10.5. The lowest BCUT2D eigenvalue weighted by molar-refractivity contribution is 0.0171. The summed E-state index contributed by atoms with van der Waals surface area (Å²) in [7, 11) is 3.30. The molecular weight excluding hydrogens is 358 g/mol. The molecule has 1 fully saturated rings. The summed E-state index contributed by atoms with van der Waals surface area (Å²) in [6.07, 6.45) is 4.33. The normalized spacial score (nSPS) is 16.8. The van der Waals surface area contributed by atoms with Gasteiger partial charge in [-0.3, -0.25) is 4.99 Å². The second kappa shape index (κ2) is 13.2. The molecule has 0 aliphatic carbocycles. The monoisotopic (exact) mass is 393 g/mol. The van der Waals surface area contributed by atoms with Gasteiger partial charge < -0.3 is 29.6 Å². The molecule has 0 saturated carbocycles. The largest absolute Gasteiger partial charge is 0.493 e. The Balaban J connectivity index is 1.67. The van der Waals surface area contributed by atoms with Crippen LogP contribution in [0.1, 0.15) is 31.7 Å². The fraction of sp³-hybridized carbons (Fsp3) is 0.667. The average molecular weight is 394 g/mol. The summed E-state index contributed by atoms with van der Waals surface area (Å²) < 4.78 is 21.9. The molecule has 28 heavy (non-hydrogen) atoms. The standard InChI is InChI=1S/C21H35N3O4/c1-4-22-21(23-11-6-13-27-16-18-7-5-14-28-18)24-12-10-17-8-9-19(25-2)20(15-17)26-3/h8-9,15,18H,4-7,10-14,16H2,1-3H3,(H2,22,23,24). The molecule has 158 valence electrons. The lowest BCUT2D eigenvalue weighted by Crippen LogP contribution is -2.38. The van der Waals surface area contributed by atoms with Crippen LogP contribution in [-0.2, 0) is 15.9 Å². The summed E-state index contributed by atoms with van der Waals surface area (Å²) in [5.41, 5.74) is 1.18. The zero-order valence-electron chi connectivity index (χ0n) is 17.5. The van der Waals surface area contributed by atoms with Gasteiger partial charge in [0.05, 0.1) is 26.9 Å². The molecule has 1 unspecified atom stereocenters. The number of nitrogens with zero attached hydrogens (tertiary/aromatic N) is 1. The van der Waals surface area contributed by atoms with Crippen molar-refractivity contribution in [2.75, 3.05) is 53.7 Å². The van der Waals surface area contributed by atoms with Gasteiger partial charge in [-0.2, -0.15) is 0 Å². The van der Waals surface area contributed by atoms with E-state index in [4.69, 9.17) is 18.9 Å². The topological polar surface area (TPSA) is 73.3 Å². The van der Waals surface area contributed by atoms with Crippen molar-refractivity contribution in [2.45, 2.75) is 38.7 Å². The maximum absolute atomic E-state index is 5.68. The molecule has 0 spiro atoms. The van der Waals surface area contributed by atoms with Crippen LogP contribution in [0.3, 0.4) is 0 Å². The number of aliphatic imine (C=N–C) groups is 1. The zero-order chi connectivity index (χ0) is 20.0. The molecular formula is C21H35N3O4. The lowest BCUT2D eigenvalue weighted by Gasteiger charge is -2.13. The van der Waals surface area contributed by atoms with E-state index in [1.54, 1.807) is 14.2 Å². The van der Waals surface area contributed by atoms with Crippen LogP contribution in [0.15, 0.2) is 23.2 Å². The van der Waals surface area contributed by atoms with Crippen molar-refractivity contribution >= 4 is 5.96 Å². The van der Waals surface area contributed by atoms with Crippen LogP contribution in [0.25, 0.3) is 0 Å². The van der Waals surface area contributed by atoms with E-state index in [0.29, 0.717) is 19.3 Å². The van der Waals surface area contributed by atoms with E-state index < -0.39 is 0 Å². The van der Waals surface area contributed by atoms with Crippen molar-refractivity contribution in [1.82, 2.24) is 10.6 Å². The van der Waals surface area contributed by atoms with Crippen molar-refractivity contribution in [1.29, 1.82) is 0 Å². The molecule has 1 atom stereocenters. The van der Waals surface area contributed by atoms with E-state index in [2.05, 4.69) is 28.6 Å². The van der Waals surface area contributed by atoms with Crippen molar-refractivity contribution in [3.05, 3.63) is 23.8 Å². The quantitative estimate of drug-likeness (QED) is 0.323. The molecule has 0 bridgehead atoms. The minimum absolute atomic E-state index is 0.291. The first-order valence-electron chi connectivity index (χ1n) is 10.2. The Hall–Kier alpha value is -1.99. The van der Waals surface area contributed by atoms with Gasteiger partial charge in [0.2, 0.25) is 0 Å². The number of hydrogen-bond donors (Lipinski definition) is 2. The van der Waals surface area contributed by atoms with Gasteiger partial charge in [-0.1, -0.05) is 6.07 Å². The predicted molar refractivity (Wildman–Crippen MR) is 112 cm³/mol. The van der Waals surface area contributed by atoms with Gasteiger partial charge in [0, 0.05) is 32.8 Å². The molecule has 1 heterocycles. The van der Waals surface area contributed by atoms with E-state index >= 15 is 0 Å². The highest BCUT2D eigenvalue weighted by Gasteiger charge is 2.14. The summed E-state index contributed by atoms with van der Waals surface area (Å²) in [4.78, 5) is 4.61. The van der Waals surface area contributed by atoms with E-state index in [0.717, 1.165) is 69.4 Å². The Morgan fingerprint density at radius 1 is 1.21 bits per heavy atom. The first-order chi connectivity index (χ1) is 13.8. The third-order valence-corrected chi connectivity index (χ3v) is 4.54. The van der Waals surface area contributed by atoms with Crippen LogP contribution in [0.5, 0.6) is 11.5 Å². The number of rotatable bonds is 12. The molecule has 1 aromatic carbocycles. The van der Waals surface area contributed by atoms with Gasteiger partial charge in [0.25, 0.3) is 0 Å². The summed E-state index contributed by atoms with van der Waals surface area (Å²) in [5, 5.41) is 6.66. The molecule has 1 saturated heterocycles. The van der Waals surface area contributed by atoms with Gasteiger partial charge in [0.1, 0.15) is 0 Å². The van der Waals surface area contributed by atoms with E-state index in [9.17, 15) is 0 Å². The van der Waals surface area contributed by atoms with E-state index in [1.165, 1.54) is 5.56 Å². The second-order valence-electron chi connectivity index (χ2n) is 6.69. The Labute approximate surface area is 168 Å². The number of methoxy groups -OCH3 is 2. The zero-order valence-corrected chi connectivity index (χ0v) is 17.5. The highest BCUT2D eigenvalue weighted by atomic mass is 16.5. The molecule has 7 heteroatoms. The van der Waals surface area contributed by atoms with Gasteiger partial charge in [-0.05, 0) is 50.3 Å². The Morgan fingerprint density at radius 3 is 2.79 bits per heavy atom. The van der Waals surface area contributed by atoms with Crippen LogP contribution in [0, 0.1) is 0 Å². The predicted octanol–water partition coefficient (Wildman–Crippen LogP) is 2.39. The van der Waals surface area contributed by atoms with Gasteiger partial charge in [-0.25, -0.2) is 0 Å². The first kappa shape index (κ1) is 22.3. The molecule has 1 aromatic rings. The molecule has 0 radical (unpaired) electrons. The number of nitrogens with one attached hydrogen (secondary N) is 2. The van der Waals surface area contributed by atoms with Crippen molar-refractivity contribution in [2.24, 2.45) is 4.99 Å².